The Hall–Kier alpha value is -1.32. The van der Waals surface area contributed by atoms with Gasteiger partial charge in [-0.05, 0) is 25.8 Å². The molecule has 0 aliphatic heterocycles. The molecule has 1 fully saturated rings. The lowest BCUT2D eigenvalue weighted by Crippen LogP contribution is -2.27. The number of nitrogens with one attached hydrogen (secondary N) is 2. The highest BCUT2D eigenvalue weighted by molar-refractivity contribution is 5.78. The van der Waals surface area contributed by atoms with Crippen molar-refractivity contribution in [2.24, 2.45) is 0 Å². The molecular formula is C9H13N3O. The molecule has 0 saturated heterocycles. The van der Waals surface area contributed by atoms with E-state index in [0.29, 0.717) is 12.5 Å². The Labute approximate surface area is 76.7 Å². The van der Waals surface area contributed by atoms with Gasteiger partial charge in [-0.25, -0.2) is 0 Å². The maximum atomic E-state index is 11.3. The average Bonchev–Trinajstić information content (AvgIpc) is 2.76. The van der Waals surface area contributed by atoms with E-state index in [2.05, 4.69) is 15.5 Å². The van der Waals surface area contributed by atoms with Gasteiger partial charge in [-0.3, -0.25) is 9.89 Å². The highest BCUT2D eigenvalue weighted by Gasteiger charge is 2.23. The summed E-state index contributed by atoms with van der Waals surface area (Å²) in [6.45, 7) is 1.93. The summed E-state index contributed by atoms with van der Waals surface area (Å²) in [7, 11) is 0. The molecule has 4 nitrogen and oxygen atoms in total. The zero-order valence-corrected chi connectivity index (χ0v) is 7.63. The number of aryl methyl sites for hydroxylation is 1. The third-order valence-electron chi connectivity index (χ3n) is 2.04. The van der Waals surface area contributed by atoms with Crippen LogP contribution < -0.4 is 5.32 Å². The fraction of sp³-hybridized carbons (Fsp3) is 0.556. The molecule has 0 radical (unpaired) electrons. The second-order valence-corrected chi connectivity index (χ2v) is 3.56. The normalized spacial score (nSPS) is 15.8. The molecule has 1 aromatic heterocycles. The van der Waals surface area contributed by atoms with Crippen LogP contribution in [-0.4, -0.2) is 22.1 Å². The fourth-order valence-corrected chi connectivity index (χ4v) is 1.24. The first-order valence-corrected chi connectivity index (χ1v) is 4.54. The van der Waals surface area contributed by atoms with E-state index in [1.807, 2.05) is 13.0 Å². The molecule has 4 heteroatoms. The van der Waals surface area contributed by atoms with E-state index in [-0.39, 0.29) is 5.91 Å². The predicted molar refractivity (Wildman–Crippen MR) is 48.2 cm³/mol. The SMILES string of the molecule is Cc1cc(CC(=O)NC2CC2)n[nH]1. The molecule has 0 spiro atoms. The van der Waals surface area contributed by atoms with Crippen LogP contribution in [0, 0.1) is 6.92 Å². The van der Waals surface area contributed by atoms with E-state index in [9.17, 15) is 4.79 Å². The summed E-state index contributed by atoms with van der Waals surface area (Å²) in [6.07, 6.45) is 2.65. The Morgan fingerprint density at radius 3 is 3.08 bits per heavy atom. The third kappa shape index (κ3) is 2.31. The van der Waals surface area contributed by atoms with Gasteiger partial charge in [-0.1, -0.05) is 0 Å². The summed E-state index contributed by atoms with van der Waals surface area (Å²) in [6, 6.07) is 2.33. The van der Waals surface area contributed by atoms with E-state index in [0.717, 1.165) is 24.2 Å². The number of carbonyl (C=O) groups excluding carboxylic acids is 1. The third-order valence-corrected chi connectivity index (χ3v) is 2.04. The average molecular weight is 179 g/mol. The Balaban J connectivity index is 1.85. The molecule has 13 heavy (non-hydrogen) atoms. The van der Waals surface area contributed by atoms with Gasteiger partial charge in [0.05, 0.1) is 12.1 Å². The van der Waals surface area contributed by atoms with E-state index in [4.69, 9.17) is 0 Å². The quantitative estimate of drug-likeness (QED) is 0.711. The largest absolute Gasteiger partial charge is 0.353 e. The molecule has 0 aromatic carbocycles. The van der Waals surface area contributed by atoms with Crippen molar-refractivity contribution in [3.8, 4) is 0 Å². The second kappa shape index (κ2) is 3.20. The molecule has 2 rings (SSSR count). The van der Waals surface area contributed by atoms with Crippen molar-refractivity contribution in [3.63, 3.8) is 0 Å². The molecule has 1 amide bonds. The Kier molecular flexibility index (Phi) is 2.04. The van der Waals surface area contributed by atoms with Crippen LogP contribution in [0.1, 0.15) is 24.2 Å². The number of rotatable bonds is 3. The first-order chi connectivity index (χ1) is 6.24. The van der Waals surface area contributed by atoms with Crippen LogP contribution in [0.4, 0.5) is 0 Å². The number of carbonyl (C=O) groups is 1. The van der Waals surface area contributed by atoms with Crippen LogP contribution in [0.25, 0.3) is 0 Å². The summed E-state index contributed by atoms with van der Waals surface area (Å²) >= 11 is 0. The minimum absolute atomic E-state index is 0.0778. The van der Waals surface area contributed by atoms with Gasteiger partial charge in [-0.2, -0.15) is 5.10 Å². The van der Waals surface area contributed by atoms with Gasteiger partial charge < -0.3 is 5.32 Å². The summed E-state index contributed by atoms with van der Waals surface area (Å²) in [5, 5.41) is 9.73. The number of nitrogens with zero attached hydrogens (tertiary/aromatic N) is 1. The van der Waals surface area contributed by atoms with Gasteiger partial charge in [0.2, 0.25) is 5.91 Å². The van der Waals surface area contributed by atoms with Crippen molar-refractivity contribution in [2.45, 2.75) is 32.2 Å². The van der Waals surface area contributed by atoms with Crippen LogP contribution in [-0.2, 0) is 11.2 Å². The maximum absolute atomic E-state index is 11.3. The van der Waals surface area contributed by atoms with Crippen LogP contribution in [0.5, 0.6) is 0 Å². The van der Waals surface area contributed by atoms with E-state index in [1.54, 1.807) is 0 Å². The number of hydrogen-bond acceptors (Lipinski definition) is 2. The number of aromatic nitrogens is 2. The lowest BCUT2D eigenvalue weighted by molar-refractivity contribution is -0.120. The molecule has 1 aliphatic rings. The van der Waals surface area contributed by atoms with Crippen molar-refractivity contribution >= 4 is 5.91 Å². The van der Waals surface area contributed by atoms with Gasteiger partial charge in [0.25, 0.3) is 0 Å². The summed E-state index contributed by atoms with van der Waals surface area (Å²) in [5.74, 6) is 0.0778. The van der Waals surface area contributed by atoms with E-state index in [1.165, 1.54) is 0 Å². The summed E-state index contributed by atoms with van der Waals surface area (Å²) in [5.41, 5.74) is 1.81. The summed E-state index contributed by atoms with van der Waals surface area (Å²) in [4.78, 5) is 11.3. The zero-order valence-electron chi connectivity index (χ0n) is 7.63. The molecule has 1 aliphatic carbocycles. The van der Waals surface area contributed by atoms with Gasteiger partial charge >= 0.3 is 0 Å². The molecule has 1 saturated carbocycles. The van der Waals surface area contributed by atoms with Crippen LogP contribution >= 0.6 is 0 Å². The lowest BCUT2D eigenvalue weighted by Gasteiger charge is -1.99. The highest BCUT2D eigenvalue weighted by atomic mass is 16.1. The van der Waals surface area contributed by atoms with Crippen molar-refractivity contribution in [1.82, 2.24) is 15.5 Å². The van der Waals surface area contributed by atoms with Crippen LogP contribution in [0.3, 0.4) is 0 Å². The topological polar surface area (TPSA) is 57.8 Å². The van der Waals surface area contributed by atoms with Crippen molar-refractivity contribution in [1.29, 1.82) is 0 Å². The molecule has 1 aromatic rings. The van der Waals surface area contributed by atoms with E-state index < -0.39 is 0 Å². The predicted octanol–water partition coefficient (Wildman–Crippen LogP) is 0.539. The second-order valence-electron chi connectivity index (χ2n) is 3.56. The lowest BCUT2D eigenvalue weighted by atomic mass is 10.3. The molecule has 0 bridgehead atoms. The standard InChI is InChI=1S/C9H13N3O/c1-6-4-8(12-11-6)5-9(13)10-7-2-3-7/h4,7H,2-3,5H2,1H3,(H,10,13)(H,11,12). The van der Waals surface area contributed by atoms with Gasteiger partial charge in [0, 0.05) is 11.7 Å². The van der Waals surface area contributed by atoms with Gasteiger partial charge in [-0.15, -0.1) is 0 Å². The molecule has 1 heterocycles. The minimum Gasteiger partial charge on any atom is -0.353 e. The summed E-state index contributed by atoms with van der Waals surface area (Å²) < 4.78 is 0. The minimum atomic E-state index is 0.0778. The van der Waals surface area contributed by atoms with Crippen molar-refractivity contribution in [3.05, 3.63) is 17.5 Å². The zero-order chi connectivity index (χ0) is 9.26. The number of aromatic amines is 1. The molecule has 70 valence electrons. The van der Waals surface area contributed by atoms with Crippen molar-refractivity contribution in [2.75, 3.05) is 0 Å². The molecule has 0 unspecified atom stereocenters. The molecular weight excluding hydrogens is 166 g/mol. The maximum Gasteiger partial charge on any atom is 0.226 e. The number of amides is 1. The first kappa shape index (κ1) is 8.29. The van der Waals surface area contributed by atoms with Gasteiger partial charge in [0.15, 0.2) is 0 Å². The number of H-pyrrole nitrogens is 1. The smallest absolute Gasteiger partial charge is 0.226 e. The monoisotopic (exact) mass is 179 g/mol. The van der Waals surface area contributed by atoms with Crippen molar-refractivity contribution < 1.29 is 4.79 Å². The Bertz CT molecular complexity index is 314. The Morgan fingerprint density at radius 2 is 2.54 bits per heavy atom. The highest BCUT2D eigenvalue weighted by Crippen LogP contribution is 2.18. The first-order valence-electron chi connectivity index (χ1n) is 4.54. The van der Waals surface area contributed by atoms with Gasteiger partial charge in [0.1, 0.15) is 0 Å². The Morgan fingerprint density at radius 1 is 1.77 bits per heavy atom. The van der Waals surface area contributed by atoms with Crippen LogP contribution in [0.15, 0.2) is 6.07 Å². The van der Waals surface area contributed by atoms with Crippen LogP contribution in [0.2, 0.25) is 0 Å². The molecule has 2 N–H and O–H groups in total. The molecule has 0 atom stereocenters. The fourth-order valence-electron chi connectivity index (χ4n) is 1.24. The number of hydrogen-bond donors (Lipinski definition) is 2. The van der Waals surface area contributed by atoms with E-state index >= 15 is 0 Å².